The van der Waals surface area contributed by atoms with Gasteiger partial charge >= 0.3 is 7.12 Å². The standard InChI is InChI=1S/C21H28BN3O4/c1-19(2)20(3,4)29-22(28-19)15-9-7-8-14(12-15)16-13-17(23-25(16)6)21(27)10-11-24(5)18(21)26/h7-9,12-13,27H,10-11H2,1-6H3/t21-/m0/s1. The fourth-order valence-corrected chi connectivity index (χ4v) is 3.85. The van der Waals surface area contributed by atoms with E-state index in [2.05, 4.69) is 5.10 Å². The van der Waals surface area contributed by atoms with Crippen LogP contribution in [0, 0.1) is 0 Å². The zero-order valence-electron chi connectivity index (χ0n) is 17.9. The van der Waals surface area contributed by atoms with Gasteiger partial charge in [-0.25, -0.2) is 0 Å². The first-order valence-corrected chi connectivity index (χ1v) is 9.93. The second-order valence-electron chi connectivity index (χ2n) is 9.09. The van der Waals surface area contributed by atoms with Crippen molar-refractivity contribution in [1.29, 1.82) is 0 Å². The maximum Gasteiger partial charge on any atom is 0.494 e. The van der Waals surface area contributed by atoms with Crippen LogP contribution < -0.4 is 5.46 Å². The monoisotopic (exact) mass is 397 g/mol. The van der Waals surface area contributed by atoms with E-state index in [9.17, 15) is 9.90 Å². The second-order valence-corrected chi connectivity index (χ2v) is 9.09. The third-order valence-corrected chi connectivity index (χ3v) is 6.52. The molecule has 4 rings (SSSR count). The molecule has 0 bridgehead atoms. The molecule has 3 heterocycles. The lowest BCUT2D eigenvalue weighted by atomic mass is 9.78. The van der Waals surface area contributed by atoms with Crippen LogP contribution in [0.15, 0.2) is 30.3 Å². The Balaban J connectivity index is 1.67. The van der Waals surface area contributed by atoms with Crippen LogP contribution in [0.1, 0.15) is 39.8 Å². The van der Waals surface area contributed by atoms with Crippen molar-refractivity contribution < 1.29 is 19.2 Å². The van der Waals surface area contributed by atoms with Crippen molar-refractivity contribution in [2.75, 3.05) is 13.6 Å². The molecule has 0 unspecified atom stereocenters. The zero-order chi connectivity index (χ0) is 21.2. The van der Waals surface area contributed by atoms with E-state index in [0.717, 1.165) is 16.7 Å². The third-order valence-electron chi connectivity index (χ3n) is 6.52. The minimum atomic E-state index is -1.56. The molecule has 7 nitrogen and oxygen atoms in total. The molecule has 8 heteroatoms. The molecule has 2 aliphatic heterocycles. The number of hydrogen-bond acceptors (Lipinski definition) is 5. The topological polar surface area (TPSA) is 76.8 Å². The fourth-order valence-electron chi connectivity index (χ4n) is 3.85. The van der Waals surface area contributed by atoms with Gasteiger partial charge in [-0.1, -0.05) is 24.3 Å². The second kappa shape index (κ2) is 6.42. The van der Waals surface area contributed by atoms with Crippen molar-refractivity contribution in [1.82, 2.24) is 14.7 Å². The molecule has 1 amide bonds. The zero-order valence-corrected chi connectivity index (χ0v) is 17.9. The van der Waals surface area contributed by atoms with Crippen LogP contribution in [0.4, 0.5) is 0 Å². The lowest BCUT2D eigenvalue weighted by Crippen LogP contribution is -2.41. The maximum atomic E-state index is 12.4. The van der Waals surface area contributed by atoms with Gasteiger partial charge in [-0.15, -0.1) is 0 Å². The quantitative estimate of drug-likeness (QED) is 0.794. The van der Waals surface area contributed by atoms with Gasteiger partial charge in [0.2, 0.25) is 0 Å². The summed E-state index contributed by atoms with van der Waals surface area (Å²) in [5.74, 6) is -0.312. The number of nitrogens with zero attached hydrogens (tertiary/aromatic N) is 3. The van der Waals surface area contributed by atoms with Gasteiger partial charge in [0.25, 0.3) is 5.91 Å². The molecule has 0 saturated carbocycles. The lowest BCUT2D eigenvalue weighted by Gasteiger charge is -2.32. The summed E-state index contributed by atoms with van der Waals surface area (Å²) in [5, 5.41) is 15.4. The fraction of sp³-hybridized carbons (Fsp3) is 0.524. The summed E-state index contributed by atoms with van der Waals surface area (Å²) < 4.78 is 14.0. The van der Waals surface area contributed by atoms with E-state index in [1.807, 2.05) is 59.0 Å². The number of amides is 1. The highest BCUT2D eigenvalue weighted by Gasteiger charge is 2.52. The van der Waals surface area contributed by atoms with E-state index >= 15 is 0 Å². The number of likely N-dealkylation sites (N-methyl/N-ethyl adjacent to an activating group) is 1. The molecule has 154 valence electrons. The van der Waals surface area contributed by atoms with E-state index in [1.54, 1.807) is 17.8 Å². The van der Waals surface area contributed by atoms with E-state index in [-0.39, 0.29) is 5.91 Å². The predicted octanol–water partition coefficient (Wildman–Crippen LogP) is 1.44. The molecule has 29 heavy (non-hydrogen) atoms. The molecule has 0 radical (unpaired) electrons. The van der Waals surface area contributed by atoms with Crippen molar-refractivity contribution in [2.24, 2.45) is 7.05 Å². The first-order chi connectivity index (χ1) is 13.4. The van der Waals surface area contributed by atoms with Gasteiger partial charge in [-0.2, -0.15) is 5.10 Å². The van der Waals surface area contributed by atoms with Crippen LogP contribution in [-0.4, -0.2) is 57.6 Å². The van der Waals surface area contributed by atoms with Gasteiger partial charge in [0.1, 0.15) is 5.69 Å². The highest BCUT2D eigenvalue weighted by Crippen LogP contribution is 2.37. The van der Waals surface area contributed by atoms with Crippen LogP contribution in [0.3, 0.4) is 0 Å². The Labute approximate surface area is 171 Å². The van der Waals surface area contributed by atoms with Crippen LogP contribution in [-0.2, 0) is 26.8 Å². The van der Waals surface area contributed by atoms with E-state index < -0.39 is 23.9 Å². The summed E-state index contributed by atoms with van der Waals surface area (Å²) in [4.78, 5) is 14.0. The highest BCUT2D eigenvalue weighted by atomic mass is 16.7. The maximum absolute atomic E-state index is 12.4. The molecular formula is C21H28BN3O4. The Bertz CT molecular complexity index is 955. The largest absolute Gasteiger partial charge is 0.494 e. The number of likely N-dealkylation sites (tertiary alicyclic amines) is 1. The Morgan fingerprint density at radius 1 is 1.10 bits per heavy atom. The first-order valence-electron chi connectivity index (χ1n) is 9.93. The molecule has 2 saturated heterocycles. The summed E-state index contributed by atoms with van der Waals surface area (Å²) in [5.41, 5.74) is 0.644. The number of hydrogen-bond donors (Lipinski definition) is 1. The number of aliphatic hydroxyl groups is 1. The summed E-state index contributed by atoms with van der Waals surface area (Å²) in [6.45, 7) is 8.63. The van der Waals surface area contributed by atoms with Crippen molar-refractivity contribution >= 4 is 18.5 Å². The van der Waals surface area contributed by atoms with E-state index in [1.165, 1.54) is 4.90 Å². The summed E-state index contributed by atoms with van der Waals surface area (Å²) >= 11 is 0. The lowest BCUT2D eigenvalue weighted by molar-refractivity contribution is -0.143. The van der Waals surface area contributed by atoms with Crippen LogP contribution >= 0.6 is 0 Å². The number of rotatable bonds is 3. The van der Waals surface area contributed by atoms with Crippen molar-refractivity contribution in [2.45, 2.75) is 50.9 Å². The summed E-state index contributed by atoms with van der Waals surface area (Å²) in [7, 11) is 3.05. The molecule has 0 aliphatic carbocycles. The smallest absolute Gasteiger partial charge is 0.399 e. The molecule has 1 N–H and O–H groups in total. The van der Waals surface area contributed by atoms with Crippen LogP contribution in [0.2, 0.25) is 0 Å². The Morgan fingerprint density at radius 3 is 2.34 bits per heavy atom. The summed E-state index contributed by atoms with van der Waals surface area (Å²) in [6.07, 6.45) is 0.340. The molecule has 1 aromatic heterocycles. The van der Waals surface area contributed by atoms with Gasteiger partial charge in [-0.3, -0.25) is 9.48 Å². The number of benzene rings is 1. The number of carbonyl (C=O) groups is 1. The molecule has 2 aliphatic rings. The Hall–Kier alpha value is -2.16. The third kappa shape index (κ3) is 3.10. The van der Waals surface area contributed by atoms with Crippen LogP contribution in [0.5, 0.6) is 0 Å². The molecule has 2 fully saturated rings. The molecule has 1 aromatic carbocycles. The average molecular weight is 397 g/mol. The van der Waals surface area contributed by atoms with E-state index in [0.29, 0.717) is 18.7 Å². The molecule has 2 aromatic rings. The van der Waals surface area contributed by atoms with Gasteiger partial charge in [0, 0.05) is 27.1 Å². The average Bonchev–Trinajstić information content (AvgIpc) is 3.24. The van der Waals surface area contributed by atoms with Crippen molar-refractivity contribution in [3.63, 3.8) is 0 Å². The number of carbonyl (C=O) groups excluding carboxylic acids is 1. The molecule has 0 spiro atoms. The van der Waals surface area contributed by atoms with Crippen molar-refractivity contribution in [3.8, 4) is 11.3 Å². The van der Waals surface area contributed by atoms with Crippen molar-refractivity contribution in [3.05, 3.63) is 36.0 Å². The molecular weight excluding hydrogens is 369 g/mol. The number of aryl methyl sites for hydroxylation is 1. The normalized spacial score (nSPS) is 25.8. The number of aromatic nitrogens is 2. The van der Waals surface area contributed by atoms with Gasteiger partial charge in [-0.05, 0) is 44.8 Å². The van der Waals surface area contributed by atoms with Gasteiger partial charge in [0.05, 0.1) is 16.9 Å². The minimum absolute atomic E-state index is 0.312. The highest BCUT2D eigenvalue weighted by molar-refractivity contribution is 6.62. The minimum Gasteiger partial charge on any atom is -0.399 e. The predicted molar refractivity (Wildman–Crippen MR) is 111 cm³/mol. The first kappa shape index (κ1) is 20.1. The van der Waals surface area contributed by atoms with Gasteiger partial charge in [0.15, 0.2) is 5.60 Å². The summed E-state index contributed by atoms with van der Waals surface area (Å²) in [6, 6.07) is 9.70. The van der Waals surface area contributed by atoms with Crippen LogP contribution in [0.25, 0.3) is 11.3 Å². The SMILES string of the molecule is CN1CC[C@](O)(c2cc(-c3cccc(B4OC(C)(C)C(C)(C)O4)c3)n(C)n2)C1=O. The molecule has 1 atom stereocenters. The van der Waals surface area contributed by atoms with Gasteiger partial charge < -0.3 is 19.3 Å². The van der Waals surface area contributed by atoms with E-state index in [4.69, 9.17) is 9.31 Å². The Morgan fingerprint density at radius 2 is 1.76 bits per heavy atom. The Kier molecular flexibility index (Phi) is 4.46.